The van der Waals surface area contributed by atoms with Gasteiger partial charge in [-0.25, -0.2) is 4.98 Å². The second-order valence-electron chi connectivity index (χ2n) is 4.88. The van der Waals surface area contributed by atoms with Gasteiger partial charge in [-0.3, -0.25) is 4.98 Å². The fourth-order valence-electron chi connectivity index (χ4n) is 2.17. The van der Waals surface area contributed by atoms with Gasteiger partial charge in [-0.1, -0.05) is 6.07 Å². The number of rotatable bonds is 4. The van der Waals surface area contributed by atoms with Gasteiger partial charge < -0.3 is 9.78 Å². The number of hydrogen-bond donors (Lipinski definition) is 1. The molecule has 100 valence electrons. The second kappa shape index (κ2) is 5.25. The molecule has 0 aliphatic carbocycles. The highest BCUT2D eigenvalue weighted by Crippen LogP contribution is 2.21. The van der Waals surface area contributed by atoms with Crippen LogP contribution in [-0.4, -0.2) is 20.7 Å². The predicted octanol–water partition coefficient (Wildman–Crippen LogP) is 3.15. The number of hydrogen-bond acceptors (Lipinski definition) is 3. The van der Waals surface area contributed by atoms with Crippen molar-refractivity contribution in [1.29, 1.82) is 0 Å². The second-order valence-corrected chi connectivity index (χ2v) is 4.88. The first-order valence-corrected chi connectivity index (χ1v) is 6.61. The first-order chi connectivity index (χ1) is 9.72. The summed E-state index contributed by atoms with van der Waals surface area (Å²) in [6.45, 7) is 1.62. The Morgan fingerprint density at radius 2 is 2.20 bits per heavy atom. The molecule has 0 atom stereocenters. The van der Waals surface area contributed by atoms with Gasteiger partial charge in [0.1, 0.15) is 11.6 Å². The molecule has 2 heterocycles. The summed E-state index contributed by atoms with van der Waals surface area (Å²) in [7, 11) is 0. The van der Waals surface area contributed by atoms with Crippen LogP contribution in [0.3, 0.4) is 0 Å². The summed E-state index contributed by atoms with van der Waals surface area (Å²) in [5.74, 6) is 1.03. The van der Waals surface area contributed by atoms with Gasteiger partial charge in [-0.2, -0.15) is 0 Å². The van der Waals surface area contributed by atoms with Crippen molar-refractivity contribution >= 4 is 16.8 Å². The number of pyridine rings is 1. The Bertz CT molecular complexity index is 747. The average molecular weight is 265 g/mol. The van der Waals surface area contributed by atoms with Crippen molar-refractivity contribution in [3.05, 3.63) is 48.3 Å². The molecule has 3 aromatic rings. The third-order valence-electron chi connectivity index (χ3n) is 3.25. The van der Waals surface area contributed by atoms with E-state index < -0.39 is 0 Å². The quantitative estimate of drug-likeness (QED) is 0.788. The van der Waals surface area contributed by atoms with Crippen LogP contribution >= 0.6 is 0 Å². The lowest BCUT2D eigenvalue weighted by molar-refractivity contribution is -0.116. The van der Waals surface area contributed by atoms with E-state index in [9.17, 15) is 4.79 Å². The predicted molar refractivity (Wildman–Crippen MR) is 78.3 cm³/mol. The Balaban J connectivity index is 1.93. The third-order valence-corrected chi connectivity index (χ3v) is 3.25. The summed E-state index contributed by atoms with van der Waals surface area (Å²) in [5, 5.41) is 0. The van der Waals surface area contributed by atoms with Crippen LogP contribution in [0.15, 0.2) is 42.7 Å². The van der Waals surface area contributed by atoms with Crippen LogP contribution in [-0.2, 0) is 11.2 Å². The number of ketones is 1. The van der Waals surface area contributed by atoms with Gasteiger partial charge in [0.05, 0.1) is 11.0 Å². The summed E-state index contributed by atoms with van der Waals surface area (Å²) in [6.07, 6.45) is 4.88. The fourth-order valence-corrected chi connectivity index (χ4v) is 2.17. The molecular weight excluding hydrogens is 250 g/mol. The molecule has 0 unspecified atom stereocenters. The van der Waals surface area contributed by atoms with Crippen molar-refractivity contribution in [2.75, 3.05) is 0 Å². The number of fused-ring (bicyclic) bond motifs is 1. The number of benzene rings is 1. The van der Waals surface area contributed by atoms with E-state index in [1.165, 1.54) is 0 Å². The molecule has 2 aromatic heterocycles. The van der Waals surface area contributed by atoms with Crippen LogP contribution in [0.1, 0.15) is 18.9 Å². The summed E-state index contributed by atoms with van der Waals surface area (Å²) in [4.78, 5) is 23.0. The smallest absolute Gasteiger partial charge is 0.140 e. The normalized spacial score (nSPS) is 10.8. The molecule has 0 spiro atoms. The monoisotopic (exact) mass is 265 g/mol. The number of carbonyl (C=O) groups is 1. The molecular formula is C16H15N3O. The largest absolute Gasteiger partial charge is 0.338 e. The summed E-state index contributed by atoms with van der Waals surface area (Å²) >= 11 is 0. The standard InChI is InChI=1S/C16H15N3O/c1-11(20)4-5-12-6-7-14-15(9-12)19-16(18-14)13-3-2-8-17-10-13/h2-3,6-10H,4-5H2,1H3,(H,18,19). The highest BCUT2D eigenvalue weighted by atomic mass is 16.1. The summed E-state index contributed by atoms with van der Waals surface area (Å²) < 4.78 is 0. The third kappa shape index (κ3) is 2.59. The van der Waals surface area contributed by atoms with Gasteiger partial charge in [0.15, 0.2) is 0 Å². The molecule has 20 heavy (non-hydrogen) atoms. The lowest BCUT2D eigenvalue weighted by Crippen LogP contribution is -1.93. The zero-order chi connectivity index (χ0) is 13.9. The van der Waals surface area contributed by atoms with E-state index in [-0.39, 0.29) is 5.78 Å². The van der Waals surface area contributed by atoms with Gasteiger partial charge in [0.2, 0.25) is 0 Å². The lowest BCUT2D eigenvalue weighted by Gasteiger charge is -1.98. The van der Waals surface area contributed by atoms with Crippen LogP contribution in [0, 0.1) is 0 Å². The van der Waals surface area contributed by atoms with Gasteiger partial charge in [-0.15, -0.1) is 0 Å². The molecule has 0 radical (unpaired) electrons. The SMILES string of the molecule is CC(=O)CCc1ccc2nc(-c3cccnc3)[nH]c2c1. The molecule has 4 nitrogen and oxygen atoms in total. The van der Waals surface area contributed by atoms with Crippen LogP contribution in [0.2, 0.25) is 0 Å². The minimum atomic E-state index is 0.214. The van der Waals surface area contributed by atoms with E-state index in [1.807, 2.05) is 24.3 Å². The Kier molecular flexibility index (Phi) is 3.29. The summed E-state index contributed by atoms with van der Waals surface area (Å²) in [5.41, 5.74) is 4.03. The van der Waals surface area contributed by atoms with Gasteiger partial charge in [0, 0.05) is 24.4 Å². The first-order valence-electron chi connectivity index (χ1n) is 6.61. The van der Waals surface area contributed by atoms with Crippen LogP contribution < -0.4 is 0 Å². The van der Waals surface area contributed by atoms with Gasteiger partial charge in [-0.05, 0) is 43.2 Å². The Labute approximate surface area is 116 Å². The fraction of sp³-hybridized carbons (Fsp3) is 0.188. The highest BCUT2D eigenvalue weighted by Gasteiger charge is 2.06. The van der Waals surface area contributed by atoms with E-state index in [0.717, 1.165) is 34.4 Å². The Morgan fingerprint density at radius 3 is 2.95 bits per heavy atom. The van der Waals surface area contributed by atoms with Crippen LogP contribution in [0.5, 0.6) is 0 Å². The van der Waals surface area contributed by atoms with E-state index in [1.54, 1.807) is 19.3 Å². The van der Waals surface area contributed by atoms with Gasteiger partial charge in [0.25, 0.3) is 0 Å². The highest BCUT2D eigenvalue weighted by molar-refractivity contribution is 5.80. The van der Waals surface area contributed by atoms with E-state index in [0.29, 0.717) is 6.42 Å². The molecule has 0 bridgehead atoms. The number of Topliss-reactive ketones (excluding diaryl/α,β-unsaturated/α-hetero) is 1. The molecule has 1 N–H and O–H groups in total. The van der Waals surface area contributed by atoms with Crippen molar-refractivity contribution in [1.82, 2.24) is 15.0 Å². The number of nitrogens with zero attached hydrogens (tertiary/aromatic N) is 2. The maximum absolute atomic E-state index is 11.0. The molecule has 1 aromatic carbocycles. The van der Waals surface area contributed by atoms with Crippen molar-refractivity contribution in [3.63, 3.8) is 0 Å². The first kappa shape index (κ1) is 12.5. The van der Waals surface area contributed by atoms with Crippen molar-refractivity contribution < 1.29 is 4.79 Å². The lowest BCUT2D eigenvalue weighted by atomic mass is 10.1. The molecule has 0 fully saturated rings. The maximum Gasteiger partial charge on any atom is 0.140 e. The minimum absolute atomic E-state index is 0.214. The average Bonchev–Trinajstić information content (AvgIpc) is 2.89. The number of imidazole rings is 1. The summed E-state index contributed by atoms with van der Waals surface area (Å²) in [6, 6.07) is 9.94. The van der Waals surface area contributed by atoms with Crippen LogP contribution in [0.4, 0.5) is 0 Å². The van der Waals surface area contributed by atoms with Crippen LogP contribution in [0.25, 0.3) is 22.4 Å². The van der Waals surface area contributed by atoms with Crippen molar-refractivity contribution in [2.24, 2.45) is 0 Å². The topological polar surface area (TPSA) is 58.6 Å². The Hall–Kier alpha value is -2.49. The number of aromatic amines is 1. The van der Waals surface area contributed by atoms with Gasteiger partial charge >= 0.3 is 0 Å². The molecule has 0 aliphatic heterocycles. The molecule has 0 aliphatic rings. The molecule has 0 amide bonds. The zero-order valence-corrected chi connectivity index (χ0v) is 11.3. The Morgan fingerprint density at radius 1 is 1.30 bits per heavy atom. The molecule has 4 heteroatoms. The number of carbonyl (C=O) groups excluding carboxylic acids is 1. The number of aromatic nitrogens is 3. The number of H-pyrrole nitrogens is 1. The van der Waals surface area contributed by atoms with E-state index in [4.69, 9.17) is 0 Å². The number of nitrogens with one attached hydrogen (secondary N) is 1. The van der Waals surface area contributed by atoms with Crippen molar-refractivity contribution in [3.8, 4) is 11.4 Å². The van der Waals surface area contributed by atoms with E-state index in [2.05, 4.69) is 21.0 Å². The zero-order valence-electron chi connectivity index (χ0n) is 11.3. The molecule has 3 rings (SSSR count). The molecule has 0 saturated heterocycles. The maximum atomic E-state index is 11.0. The molecule has 0 saturated carbocycles. The minimum Gasteiger partial charge on any atom is -0.338 e. The van der Waals surface area contributed by atoms with E-state index >= 15 is 0 Å². The number of aryl methyl sites for hydroxylation is 1. The van der Waals surface area contributed by atoms with Crippen molar-refractivity contribution in [2.45, 2.75) is 19.8 Å².